The Labute approximate surface area is 117 Å². The summed E-state index contributed by atoms with van der Waals surface area (Å²) in [7, 11) is 0. The lowest BCUT2D eigenvalue weighted by molar-refractivity contribution is -0.139. The molecule has 2 heterocycles. The summed E-state index contributed by atoms with van der Waals surface area (Å²) in [6.07, 6.45) is 2.11. The summed E-state index contributed by atoms with van der Waals surface area (Å²) in [5, 5.41) is 0. The van der Waals surface area contributed by atoms with Gasteiger partial charge in [-0.1, -0.05) is 13.8 Å². The fourth-order valence-electron chi connectivity index (χ4n) is 2.37. The van der Waals surface area contributed by atoms with Crippen molar-refractivity contribution >= 4 is 17.5 Å². The van der Waals surface area contributed by atoms with Gasteiger partial charge in [0.15, 0.2) is 0 Å². The van der Waals surface area contributed by atoms with Gasteiger partial charge in [-0.3, -0.25) is 19.3 Å². The first-order valence-electron chi connectivity index (χ1n) is 6.73. The molecule has 2 unspecified atom stereocenters. The van der Waals surface area contributed by atoms with Gasteiger partial charge in [0.25, 0.3) is 5.56 Å². The molecule has 0 saturated carbocycles. The van der Waals surface area contributed by atoms with E-state index in [0.29, 0.717) is 25.2 Å². The van der Waals surface area contributed by atoms with E-state index in [4.69, 9.17) is 5.73 Å². The summed E-state index contributed by atoms with van der Waals surface area (Å²) < 4.78 is 1.49. The zero-order valence-corrected chi connectivity index (χ0v) is 11.7. The predicted octanol–water partition coefficient (Wildman–Crippen LogP) is 0.462. The number of aryl methyl sites for hydroxylation is 1. The quantitative estimate of drug-likeness (QED) is 0.810. The summed E-state index contributed by atoms with van der Waals surface area (Å²) in [6.45, 7) is 4.32. The van der Waals surface area contributed by atoms with Crippen molar-refractivity contribution in [2.45, 2.75) is 26.8 Å². The minimum atomic E-state index is -0.252. The van der Waals surface area contributed by atoms with Crippen LogP contribution >= 0.6 is 0 Å². The summed E-state index contributed by atoms with van der Waals surface area (Å²) in [4.78, 5) is 36.7. The minimum absolute atomic E-state index is 0.123. The predicted molar refractivity (Wildman–Crippen MR) is 74.8 cm³/mol. The van der Waals surface area contributed by atoms with Crippen molar-refractivity contribution in [3.05, 3.63) is 28.7 Å². The molecule has 1 aromatic rings. The zero-order chi connectivity index (χ0) is 14.9. The van der Waals surface area contributed by atoms with Gasteiger partial charge in [-0.15, -0.1) is 0 Å². The third kappa shape index (κ3) is 2.59. The van der Waals surface area contributed by atoms with Crippen LogP contribution in [0.1, 0.15) is 20.3 Å². The number of anilines is 1. The Hall–Kier alpha value is -2.11. The van der Waals surface area contributed by atoms with E-state index in [1.807, 2.05) is 0 Å². The highest BCUT2D eigenvalue weighted by Gasteiger charge is 2.41. The molecule has 1 aliphatic heterocycles. The fourth-order valence-corrected chi connectivity index (χ4v) is 2.37. The lowest BCUT2D eigenvalue weighted by Gasteiger charge is -2.15. The van der Waals surface area contributed by atoms with Crippen molar-refractivity contribution < 1.29 is 9.59 Å². The number of pyridine rings is 1. The highest BCUT2D eigenvalue weighted by molar-refractivity contribution is 6.04. The van der Waals surface area contributed by atoms with Gasteiger partial charge in [-0.2, -0.15) is 0 Å². The number of carbonyl (C=O) groups excluding carboxylic acids is 2. The van der Waals surface area contributed by atoms with Gasteiger partial charge in [0, 0.05) is 42.9 Å². The van der Waals surface area contributed by atoms with E-state index in [1.165, 1.54) is 15.5 Å². The Balaban J connectivity index is 1.97. The normalized spacial score (nSPS) is 22.6. The molecular weight excluding hydrogens is 258 g/mol. The molecule has 6 nitrogen and oxygen atoms in total. The molecule has 1 aromatic heterocycles. The Morgan fingerprint density at radius 2 is 1.65 bits per heavy atom. The van der Waals surface area contributed by atoms with Gasteiger partial charge in [0.05, 0.1) is 0 Å². The number of carbonyl (C=O) groups is 2. The molecule has 20 heavy (non-hydrogen) atoms. The van der Waals surface area contributed by atoms with E-state index < -0.39 is 0 Å². The largest absolute Gasteiger partial charge is 0.398 e. The van der Waals surface area contributed by atoms with Crippen molar-refractivity contribution in [1.82, 2.24) is 9.47 Å². The van der Waals surface area contributed by atoms with E-state index in [9.17, 15) is 14.4 Å². The molecule has 0 aliphatic carbocycles. The molecule has 0 bridgehead atoms. The summed E-state index contributed by atoms with van der Waals surface area (Å²) in [6, 6.07) is 2.96. The van der Waals surface area contributed by atoms with Crippen LogP contribution in [0.5, 0.6) is 0 Å². The van der Waals surface area contributed by atoms with E-state index in [1.54, 1.807) is 26.1 Å². The second-order valence-corrected chi connectivity index (χ2v) is 5.25. The molecule has 1 saturated heterocycles. The van der Waals surface area contributed by atoms with Crippen LogP contribution in [0.25, 0.3) is 0 Å². The third-order valence-corrected chi connectivity index (χ3v) is 3.85. The van der Waals surface area contributed by atoms with Crippen LogP contribution in [0.15, 0.2) is 23.1 Å². The summed E-state index contributed by atoms with van der Waals surface area (Å²) >= 11 is 0. The highest BCUT2D eigenvalue weighted by Crippen LogP contribution is 2.25. The number of nitrogens with two attached hydrogens (primary N) is 1. The fraction of sp³-hybridized carbons (Fsp3) is 0.500. The lowest BCUT2D eigenvalue weighted by atomic mass is 10.00. The average molecular weight is 277 g/mol. The van der Waals surface area contributed by atoms with Crippen molar-refractivity contribution in [3.8, 4) is 0 Å². The van der Waals surface area contributed by atoms with Crippen LogP contribution < -0.4 is 11.3 Å². The van der Waals surface area contributed by atoms with Gasteiger partial charge in [-0.05, 0) is 12.5 Å². The minimum Gasteiger partial charge on any atom is -0.398 e. The third-order valence-electron chi connectivity index (χ3n) is 3.85. The van der Waals surface area contributed by atoms with Crippen molar-refractivity contribution in [1.29, 1.82) is 0 Å². The Kier molecular flexibility index (Phi) is 3.92. The molecule has 2 atom stereocenters. The molecule has 2 N–H and O–H groups in total. The van der Waals surface area contributed by atoms with Crippen molar-refractivity contribution in [3.63, 3.8) is 0 Å². The second kappa shape index (κ2) is 5.48. The van der Waals surface area contributed by atoms with Gasteiger partial charge in [-0.25, -0.2) is 0 Å². The number of imide groups is 1. The van der Waals surface area contributed by atoms with Crippen LogP contribution in [-0.2, 0) is 16.1 Å². The first-order valence-corrected chi connectivity index (χ1v) is 6.73. The number of amides is 2. The maximum Gasteiger partial charge on any atom is 0.250 e. The van der Waals surface area contributed by atoms with Crippen LogP contribution in [0.4, 0.5) is 5.69 Å². The van der Waals surface area contributed by atoms with E-state index in [-0.39, 0.29) is 29.2 Å². The molecule has 6 heteroatoms. The van der Waals surface area contributed by atoms with E-state index in [0.717, 1.165) is 0 Å². The number of rotatable bonds is 4. The number of hydrogen-bond acceptors (Lipinski definition) is 4. The number of nitrogen functional groups attached to an aromatic ring is 1. The topological polar surface area (TPSA) is 85.4 Å². The van der Waals surface area contributed by atoms with Gasteiger partial charge >= 0.3 is 0 Å². The van der Waals surface area contributed by atoms with Crippen LogP contribution in [0, 0.1) is 11.8 Å². The molecule has 0 radical (unpaired) electrons. The number of hydrogen-bond donors (Lipinski definition) is 1. The van der Waals surface area contributed by atoms with E-state index >= 15 is 0 Å². The number of aromatic nitrogens is 1. The molecule has 0 spiro atoms. The molecular formula is C14H19N3O3. The lowest BCUT2D eigenvalue weighted by Crippen LogP contribution is -2.33. The SMILES string of the molecule is CC1C(=O)N(CCCn2cc(N)ccc2=O)C(=O)C1C. The average Bonchev–Trinajstić information content (AvgIpc) is 2.60. The number of nitrogens with zero attached hydrogens (tertiary/aromatic N) is 2. The Bertz CT molecular complexity index is 574. The first-order chi connectivity index (χ1) is 9.41. The van der Waals surface area contributed by atoms with Gasteiger partial charge in [0.2, 0.25) is 11.8 Å². The smallest absolute Gasteiger partial charge is 0.250 e. The van der Waals surface area contributed by atoms with Crippen LogP contribution in [-0.4, -0.2) is 27.8 Å². The highest BCUT2D eigenvalue weighted by atomic mass is 16.2. The van der Waals surface area contributed by atoms with Crippen molar-refractivity contribution in [2.24, 2.45) is 11.8 Å². The first kappa shape index (κ1) is 14.3. The second-order valence-electron chi connectivity index (χ2n) is 5.25. The number of likely N-dealkylation sites (tertiary alicyclic amines) is 1. The van der Waals surface area contributed by atoms with Crippen LogP contribution in [0.3, 0.4) is 0 Å². The summed E-state index contributed by atoms with van der Waals surface area (Å²) in [5.41, 5.74) is 6.00. The maximum absolute atomic E-state index is 11.9. The van der Waals surface area contributed by atoms with E-state index in [2.05, 4.69) is 0 Å². The molecule has 1 fully saturated rings. The maximum atomic E-state index is 11.9. The summed E-state index contributed by atoms with van der Waals surface area (Å²) in [5.74, 6) is -0.750. The zero-order valence-electron chi connectivity index (χ0n) is 11.7. The molecule has 0 aromatic carbocycles. The Morgan fingerprint density at radius 1 is 1.05 bits per heavy atom. The molecule has 108 valence electrons. The van der Waals surface area contributed by atoms with Crippen molar-refractivity contribution in [2.75, 3.05) is 12.3 Å². The Morgan fingerprint density at radius 3 is 2.25 bits per heavy atom. The molecule has 2 amide bonds. The molecule has 2 rings (SSSR count). The monoisotopic (exact) mass is 277 g/mol. The van der Waals surface area contributed by atoms with Gasteiger partial charge < -0.3 is 10.3 Å². The van der Waals surface area contributed by atoms with Gasteiger partial charge in [0.1, 0.15) is 0 Å². The van der Waals surface area contributed by atoms with Crippen LogP contribution in [0.2, 0.25) is 0 Å². The standard InChI is InChI=1S/C14H19N3O3/c1-9-10(2)14(20)17(13(9)19)7-3-6-16-8-11(15)4-5-12(16)18/h4-5,8-10H,3,6-7,15H2,1-2H3. The molecule has 1 aliphatic rings.